The molecule has 2 aliphatic rings. The molecule has 1 aromatic carbocycles. The van der Waals surface area contributed by atoms with Crippen LogP contribution in [0.1, 0.15) is 44.4 Å². The van der Waals surface area contributed by atoms with Crippen LogP contribution in [-0.4, -0.2) is 66.0 Å². The van der Waals surface area contributed by atoms with E-state index in [0.717, 1.165) is 37.2 Å². The smallest absolute Gasteiger partial charge is 0.410 e. The lowest BCUT2D eigenvalue weighted by molar-refractivity contribution is -0.00970. The van der Waals surface area contributed by atoms with E-state index in [-0.39, 0.29) is 12.1 Å². The molecule has 0 spiro atoms. The number of fused-ring (bicyclic) bond motifs is 1. The van der Waals surface area contributed by atoms with Crippen LogP contribution in [0.2, 0.25) is 0 Å². The van der Waals surface area contributed by atoms with E-state index in [0.29, 0.717) is 13.1 Å². The van der Waals surface area contributed by atoms with Crippen molar-refractivity contribution in [2.24, 2.45) is 0 Å². The molecule has 6 heteroatoms. The second kappa shape index (κ2) is 7.45. The van der Waals surface area contributed by atoms with Crippen LogP contribution in [0.25, 0.3) is 0 Å². The average Bonchev–Trinajstić information content (AvgIpc) is 2.60. The van der Waals surface area contributed by atoms with E-state index < -0.39 is 11.7 Å². The van der Waals surface area contributed by atoms with E-state index in [2.05, 4.69) is 11.0 Å². The minimum absolute atomic E-state index is 0.0466. The number of rotatable bonds is 2. The number of hydrogen-bond acceptors (Lipinski definition) is 5. The van der Waals surface area contributed by atoms with Crippen LogP contribution in [0.5, 0.6) is 5.75 Å². The van der Waals surface area contributed by atoms with Crippen molar-refractivity contribution in [3.63, 3.8) is 0 Å². The fourth-order valence-electron chi connectivity index (χ4n) is 3.82. The maximum atomic E-state index is 12.3. The number of carbonyl (C=O) groups is 1. The topological polar surface area (TPSA) is 62.2 Å². The molecule has 1 aromatic rings. The van der Waals surface area contributed by atoms with Gasteiger partial charge in [-0.2, -0.15) is 0 Å². The summed E-state index contributed by atoms with van der Waals surface area (Å²) >= 11 is 0. The van der Waals surface area contributed by atoms with E-state index in [1.165, 1.54) is 5.56 Å². The van der Waals surface area contributed by atoms with E-state index >= 15 is 0 Å². The number of piperazine rings is 1. The first-order chi connectivity index (χ1) is 12.3. The quantitative estimate of drug-likeness (QED) is 0.876. The molecule has 1 N–H and O–H groups in total. The van der Waals surface area contributed by atoms with Crippen molar-refractivity contribution in [2.45, 2.75) is 51.4 Å². The van der Waals surface area contributed by atoms with Crippen LogP contribution in [0.3, 0.4) is 0 Å². The summed E-state index contributed by atoms with van der Waals surface area (Å²) in [5.74, 6) is 0.815. The number of nitrogens with zero attached hydrogens (tertiary/aromatic N) is 2. The van der Waals surface area contributed by atoms with Gasteiger partial charge in [0.2, 0.25) is 0 Å². The summed E-state index contributed by atoms with van der Waals surface area (Å²) in [5.41, 5.74) is 1.94. The predicted molar refractivity (Wildman–Crippen MR) is 99.4 cm³/mol. The monoisotopic (exact) mass is 362 g/mol. The molecular formula is C20H30N2O4. The second-order valence-electron chi connectivity index (χ2n) is 8.12. The Balaban J connectivity index is 1.70. The minimum atomic E-state index is -0.483. The Hall–Kier alpha value is -1.79. The molecular weight excluding hydrogens is 332 g/mol. The van der Waals surface area contributed by atoms with Crippen LogP contribution < -0.4 is 4.74 Å². The number of aliphatic hydroxyl groups is 1. The van der Waals surface area contributed by atoms with Gasteiger partial charge in [0.15, 0.2) is 0 Å². The standard InChI is InChI=1S/C20H30N2O4/c1-20(2,3)26-19(24)22-11-9-21(10-12-22)18-16-13-15(25-4)7-5-14(16)6-8-17(18)23/h5,7,13,17-18,23H,6,8-12H2,1-4H3/t17-,18-/m1/s1. The summed E-state index contributed by atoms with van der Waals surface area (Å²) in [6.07, 6.45) is 0.983. The van der Waals surface area contributed by atoms with E-state index in [1.54, 1.807) is 12.0 Å². The molecule has 26 heavy (non-hydrogen) atoms. The highest BCUT2D eigenvalue weighted by Crippen LogP contribution is 2.37. The lowest BCUT2D eigenvalue weighted by Gasteiger charge is -2.43. The Morgan fingerprint density at radius 2 is 1.88 bits per heavy atom. The molecule has 6 nitrogen and oxygen atoms in total. The summed E-state index contributed by atoms with van der Waals surface area (Å²) in [6.45, 7) is 8.29. The van der Waals surface area contributed by atoms with Gasteiger partial charge in [-0.05, 0) is 56.9 Å². The lowest BCUT2D eigenvalue weighted by atomic mass is 9.84. The molecule has 2 atom stereocenters. The Bertz CT molecular complexity index is 648. The van der Waals surface area contributed by atoms with Crippen LogP contribution >= 0.6 is 0 Å². The van der Waals surface area contributed by atoms with Crippen LogP contribution in [0.15, 0.2) is 18.2 Å². The molecule has 1 aliphatic heterocycles. The van der Waals surface area contributed by atoms with E-state index in [1.807, 2.05) is 32.9 Å². The molecule has 1 saturated heterocycles. The highest BCUT2D eigenvalue weighted by atomic mass is 16.6. The number of methoxy groups -OCH3 is 1. The third-order valence-electron chi connectivity index (χ3n) is 5.10. The number of aliphatic hydroxyl groups excluding tert-OH is 1. The molecule has 0 aromatic heterocycles. The van der Waals surface area contributed by atoms with Gasteiger partial charge in [0, 0.05) is 26.2 Å². The van der Waals surface area contributed by atoms with Gasteiger partial charge >= 0.3 is 6.09 Å². The molecule has 1 amide bonds. The van der Waals surface area contributed by atoms with Crippen LogP contribution in [0, 0.1) is 0 Å². The van der Waals surface area contributed by atoms with Gasteiger partial charge in [-0.3, -0.25) is 4.90 Å². The van der Waals surface area contributed by atoms with Crippen molar-refractivity contribution < 1.29 is 19.4 Å². The van der Waals surface area contributed by atoms with Crippen molar-refractivity contribution >= 4 is 6.09 Å². The molecule has 0 unspecified atom stereocenters. The van der Waals surface area contributed by atoms with Gasteiger partial charge in [0.25, 0.3) is 0 Å². The maximum Gasteiger partial charge on any atom is 0.410 e. The number of ether oxygens (including phenoxy) is 2. The minimum Gasteiger partial charge on any atom is -0.497 e. The number of aryl methyl sites for hydroxylation is 1. The number of benzene rings is 1. The van der Waals surface area contributed by atoms with Gasteiger partial charge in [-0.15, -0.1) is 0 Å². The van der Waals surface area contributed by atoms with Gasteiger partial charge in [0.05, 0.1) is 19.3 Å². The number of amides is 1. The number of hydrogen-bond donors (Lipinski definition) is 1. The van der Waals surface area contributed by atoms with Gasteiger partial charge in [-0.1, -0.05) is 6.07 Å². The van der Waals surface area contributed by atoms with Crippen molar-refractivity contribution in [3.8, 4) is 5.75 Å². The predicted octanol–water partition coefficient (Wildman–Crippen LogP) is 2.60. The van der Waals surface area contributed by atoms with Crippen molar-refractivity contribution in [1.29, 1.82) is 0 Å². The summed E-state index contributed by atoms with van der Waals surface area (Å²) < 4.78 is 10.8. The van der Waals surface area contributed by atoms with Crippen molar-refractivity contribution in [3.05, 3.63) is 29.3 Å². The Kier molecular flexibility index (Phi) is 5.44. The molecule has 0 bridgehead atoms. The first-order valence-corrected chi connectivity index (χ1v) is 9.35. The van der Waals surface area contributed by atoms with Gasteiger partial charge in [0.1, 0.15) is 11.4 Å². The van der Waals surface area contributed by atoms with Crippen LogP contribution in [0.4, 0.5) is 4.79 Å². The summed E-state index contributed by atoms with van der Waals surface area (Å²) in [6, 6.07) is 6.08. The van der Waals surface area contributed by atoms with E-state index in [9.17, 15) is 9.90 Å². The third-order valence-corrected chi connectivity index (χ3v) is 5.10. The first kappa shape index (κ1) is 19.0. The number of carbonyl (C=O) groups excluding carboxylic acids is 1. The normalized spacial score (nSPS) is 24.1. The summed E-state index contributed by atoms with van der Waals surface area (Å²) in [7, 11) is 1.66. The lowest BCUT2D eigenvalue weighted by Crippen LogP contribution is -2.53. The second-order valence-corrected chi connectivity index (χ2v) is 8.12. The van der Waals surface area contributed by atoms with Gasteiger partial charge < -0.3 is 19.5 Å². The fraction of sp³-hybridized carbons (Fsp3) is 0.650. The SMILES string of the molecule is COc1ccc2c(c1)[C@@H](N1CCN(C(=O)OC(C)(C)C)CC1)[C@H](O)CC2. The zero-order chi connectivity index (χ0) is 18.9. The summed E-state index contributed by atoms with van der Waals surface area (Å²) in [4.78, 5) is 16.3. The highest BCUT2D eigenvalue weighted by molar-refractivity contribution is 5.68. The average molecular weight is 362 g/mol. The van der Waals surface area contributed by atoms with Crippen molar-refractivity contribution in [2.75, 3.05) is 33.3 Å². The van der Waals surface area contributed by atoms with E-state index in [4.69, 9.17) is 9.47 Å². The Morgan fingerprint density at radius 1 is 1.19 bits per heavy atom. The summed E-state index contributed by atoms with van der Waals surface area (Å²) in [5, 5.41) is 10.7. The first-order valence-electron chi connectivity index (χ1n) is 9.35. The van der Waals surface area contributed by atoms with Crippen LogP contribution in [-0.2, 0) is 11.2 Å². The molecule has 0 radical (unpaired) electrons. The fourth-order valence-corrected chi connectivity index (χ4v) is 3.82. The zero-order valence-corrected chi connectivity index (χ0v) is 16.2. The molecule has 0 saturated carbocycles. The molecule has 1 heterocycles. The molecule has 1 aliphatic carbocycles. The maximum absolute atomic E-state index is 12.3. The Morgan fingerprint density at radius 3 is 2.50 bits per heavy atom. The zero-order valence-electron chi connectivity index (χ0n) is 16.2. The van der Waals surface area contributed by atoms with Crippen molar-refractivity contribution in [1.82, 2.24) is 9.80 Å². The molecule has 3 rings (SSSR count). The largest absolute Gasteiger partial charge is 0.497 e. The third kappa shape index (κ3) is 4.13. The molecule has 144 valence electrons. The van der Waals surface area contributed by atoms with Gasteiger partial charge in [-0.25, -0.2) is 4.79 Å². The Labute approximate surface area is 155 Å². The molecule has 1 fully saturated rings. The highest BCUT2D eigenvalue weighted by Gasteiger charge is 2.36.